The van der Waals surface area contributed by atoms with Gasteiger partial charge in [0.25, 0.3) is 0 Å². The highest BCUT2D eigenvalue weighted by atomic mass is 32.1. The molecule has 3 rings (SSSR count). The number of thiocarbonyl (C=S) groups is 1. The molecule has 0 amide bonds. The molecule has 0 bridgehead atoms. The van der Waals surface area contributed by atoms with Crippen molar-refractivity contribution in [2.24, 2.45) is 0 Å². The number of esters is 2. The van der Waals surface area contributed by atoms with Gasteiger partial charge in [-0.1, -0.05) is 42.5 Å². The zero-order chi connectivity index (χ0) is 19.4. The Morgan fingerprint density at radius 3 is 2.15 bits per heavy atom. The summed E-state index contributed by atoms with van der Waals surface area (Å²) < 4.78 is 9.74. The van der Waals surface area contributed by atoms with Crippen molar-refractivity contribution >= 4 is 35.0 Å². The van der Waals surface area contributed by atoms with Crippen molar-refractivity contribution in [3.63, 3.8) is 0 Å². The number of hydrogen-bond donors (Lipinski definition) is 2. The summed E-state index contributed by atoms with van der Waals surface area (Å²) in [5.41, 5.74) is 3.00. The highest BCUT2D eigenvalue weighted by Crippen LogP contribution is 2.32. The van der Waals surface area contributed by atoms with E-state index in [1.165, 1.54) is 14.2 Å². The van der Waals surface area contributed by atoms with Crippen LogP contribution in [0.4, 0.5) is 0 Å². The van der Waals surface area contributed by atoms with Crippen LogP contribution in [-0.4, -0.2) is 31.3 Å². The molecule has 0 aromatic heterocycles. The van der Waals surface area contributed by atoms with Crippen LogP contribution < -0.4 is 10.6 Å². The third-order valence-corrected chi connectivity index (χ3v) is 4.42. The lowest BCUT2D eigenvalue weighted by molar-refractivity contribution is -0.136. The Kier molecular flexibility index (Phi) is 5.52. The summed E-state index contributed by atoms with van der Waals surface area (Å²) in [6, 6.07) is 15.7. The fourth-order valence-corrected chi connectivity index (χ4v) is 3.13. The Morgan fingerprint density at radius 1 is 0.926 bits per heavy atom. The minimum atomic E-state index is -0.520. The van der Waals surface area contributed by atoms with Crippen LogP contribution in [0.1, 0.15) is 27.5 Å². The molecule has 6 nitrogen and oxygen atoms in total. The van der Waals surface area contributed by atoms with Gasteiger partial charge in [0.2, 0.25) is 0 Å². The third kappa shape index (κ3) is 3.83. The van der Waals surface area contributed by atoms with Crippen molar-refractivity contribution in [1.82, 2.24) is 10.6 Å². The fourth-order valence-electron chi connectivity index (χ4n) is 2.91. The standard InChI is InChI=1S/C20H18N2O4S/c1-25-18(23)14-10-8-13(9-11-14)17-15(19(24)26-2)16(21-20(27)22-17)12-6-4-3-5-7-12/h3-11,17H,1-2H3,(H2,21,22,27)/t17-/m1/s1. The van der Waals surface area contributed by atoms with Crippen LogP contribution in [0.15, 0.2) is 60.2 Å². The number of carbonyl (C=O) groups excluding carboxylic acids is 2. The number of hydrogen-bond acceptors (Lipinski definition) is 5. The molecule has 1 heterocycles. The first-order chi connectivity index (χ1) is 13.0. The molecule has 2 aromatic carbocycles. The quantitative estimate of drug-likeness (QED) is 0.622. The van der Waals surface area contributed by atoms with Gasteiger partial charge in [-0.2, -0.15) is 0 Å². The molecule has 2 aromatic rings. The molecule has 0 saturated carbocycles. The van der Waals surface area contributed by atoms with E-state index in [0.29, 0.717) is 21.9 Å². The van der Waals surface area contributed by atoms with E-state index < -0.39 is 18.0 Å². The zero-order valence-corrected chi connectivity index (χ0v) is 15.6. The molecule has 138 valence electrons. The smallest absolute Gasteiger partial charge is 0.338 e. The lowest BCUT2D eigenvalue weighted by Crippen LogP contribution is -2.45. The maximum Gasteiger partial charge on any atom is 0.338 e. The second kappa shape index (κ2) is 8.01. The second-order valence-corrected chi connectivity index (χ2v) is 6.20. The van der Waals surface area contributed by atoms with Crippen LogP contribution in [0, 0.1) is 0 Å². The number of nitrogens with one attached hydrogen (secondary N) is 2. The first-order valence-corrected chi connectivity index (χ1v) is 8.59. The molecule has 2 N–H and O–H groups in total. The van der Waals surface area contributed by atoms with Gasteiger partial charge in [0.05, 0.1) is 37.1 Å². The molecule has 1 atom stereocenters. The monoisotopic (exact) mass is 382 g/mol. The Hall–Kier alpha value is -3.19. The first kappa shape index (κ1) is 18.6. The van der Waals surface area contributed by atoms with E-state index >= 15 is 0 Å². The summed E-state index contributed by atoms with van der Waals surface area (Å²) in [5, 5.41) is 6.56. The summed E-state index contributed by atoms with van der Waals surface area (Å²) in [7, 11) is 2.66. The number of rotatable bonds is 4. The van der Waals surface area contributed by atoms with E-state index in [1.54, 1.807) is 24.3 Å². The largest absolute Gasteiger partial charge is 0.466 e. The van der Waals surface area contributed by atoms with E-state index in [1.807, 2.05) is 30.3 Å². The normalized spacial score (nSPS) is 16.2. The average Bonchev–Trinajstić information content (AvgIpc) is 2.72. The lowest BCUT2D eigenvalue weighted by Gasteiger charge is -2.31. The first-order valence-electron chi connectivity index (χ1n) is 8.19. The summed E-state index contributed by atoms with van der Waals surface area (Å²) in [6.07, 6.45) is 0. The van der Waals surface area contributed by atoms with Crippen LogP contribution >= 0.6 is 12.2 Å². The van der Waals surface area contributed by atoms with Gasteiger partial charge in [-0.25, -0.2) is 9.59 Å². The maximum absolute atomic E-state index is 12.6. The van der Waals surface area contributed by atoms with E-state index in [-0.39, 0.29) is 0 Å². The van der Waals surface area contributed by atoms with Crippen LogP contribution in [0.2, 0.25) is 0 Å². The zero-order valence-electron chi connectivity index (χ0n) is 14.8. The summed E-state index contributed by atoms with van der Waals surface area (Å²) in [5.74, 6) is -0.901. The van der Waals surface area contributed by atoms with Gasteiger partial charge in [-0.3, -0.25) is 0 Å². The molecule has 1 aliphatic heterocycles. The molecule has 0 fully saturated rings. The summed E-state index contributed by atoms with van der Waals surface area (Å²) in [4.78, 5) is 24.2. The minimum Gasteiger partial charge on any atom is -0.466 e. The molecule has 0 radical (unpaired) electrons. The lowest BCUT2D eigenvalue weighted by atomic mass is 9.92. The Morgan fingerprint density at radius 2 is 1.56 bits per heavy atom. The second-order valence-electron chi connectivity index (χ2n) is 5.79. The van der Waals surface area contributed by atoms with Crippen LogP contribution in [0.5, 0.6) is 0 Å². The minimum absolute atomic E-state index is 0.392. The SMILES string of the molecule is COC(=O)C1=C(c2ccccc2)NC(=S)N[C@@H]1c1ccc(C(=O)OC)cc1. The van der Waals surface area contributed by atoms with Crippen molar-refractivity contribution in [3.05, 3.63) is 76.9 Å². The molecule has 7 heteroatoms. The maximum atomic E-state index is 12.6. The molecule has 0 saturated heterocycles. The fraction of sp³-hybridized carbons (Fsp3) is 0.150. The van der Waals surface area contributed by atoms with Crippen LogP contribution in [-0.2, 0) is 14.3 Å². The van der Waals surface area contributed by atoms with Gasteiger partial charge in [0.1, 0.15) is 0 Å². The average molecular weight is 382 g/mol. The number of benzene rings is 2. The molecule has 0 spiro atoms. The van der Waals surface area contributed by atoms with Crippen molar-refractivity contribution in [1.29, 1.82) is 0 Å². The van der Waals surface area contributed by atoms with Crippen LogP contribution in [0.3, 0.4) is 0 Å². The van der Waals surface area contributed by atoms with Gasteiger partial charge in [0, 0.05) is 0 Å². The van der Waals surface area contributed by atoms with E-state index in [4.69, 9.17) is 21.7 Å². The van der Waals surface area contributed by atoms with E-state index in [2.05, 4.69) is 10.6 Å². The third-order valence-electron chi connectivity index (χ3n) is 4.20. The van der Waals surface area contributed by atoms with Crippen molar-refractivity contribution < 1.29 is 19.1 Å². The molecular formula is C20H18N2O4S. The van der Waals surface area contributed by atoms with Crippen LogP contribution in [0.25, 0.3) is 5.70 Å². The van der Waals surface area contributed by atoms with E-state index in [9.17, 15) is 9.59 Å². The van der Waals surface area contributed by atoms with Gasteiger partial charge in [-0.15, -0.1) is 0 Å². The molecule has 1 aliphatic rings. The van der Waals surface area contributed by atoms with Crippen molar-refractivity contribution in [2.45, 2.75) is 6.04 Å². The predicted octanol–water partition coefficient (Wildman–Crippen LogP) is 2.58. The molecule has 27 heavy (non-hydrogen) atoms. The Bertz CT molecular complexity index is 907. The van der Waals surface area contributed by atoms with Gasteiger partial charge < -0.3 is 20.1 Å². The highest BCUT2D eigenvalue weighted by molar-refractivity contribution is 7.80. The molecular weight excluding hydrogens is 364 g/mol. The Labute approximate surface area is 162 Å². The molecule has 0 aliphatic carbocycles. The number of methoxy groups -OCH3 is 2. The predicted molar refractivity (Wildman–Crippen MR) is 105 cm³/mol. The summed E-state index contributed by atoms with van der Waals surface area (Å²) in [6.45, 7) is 0. The highest BCUT2D eigenvalue weighted by Gasteiger charge is 2.32. The van der Waals surface area contributed by atoms with Crippen molar-refractivity contribution in [3.8, 4) is 0 Å². The summed E-state index contributed by atoms with van der Waals surface area (Å²) >= 11 is 5.34. The van der Waals surface area contributed by atoms with E-state index in [0.717, 1.165) is 11.1 Å². The van der Waals surface area contributed by atoms with Gasteiger partial charge >= 0.3 is 11.9 Å². The molecule has 0 unspecified atom stereocenters. The number of ether oxygens (including phenoxy) is 2. The number of carbonyl (C=O) groups is 2. The van der Waals surface area contributed by atoms with Gasteiger partial charge in [-0.05, 0) is 35.5 Å². The van der Waals surface area contributed by atoms with Crippen molar-refractivity contribution in [2.75, 3.05) is 14.2 Å². The van der Waals surface area contributed by atoms with Gasteiger partial charge in [0.15, 0.2) is 5.11 Å². The topological polar surface area (TPSA) is 76.7 Å². The Balaban J connectivity index is 2.10.